The van der Waals surface area contributed by atoms with Crippen molar-refractivity contribution in [2.24, 2.45) is 0 Å². The van der Waals surface area contributed by atoms with Crippen molar-refractivity contribution < 1.29 is 19.4 Å². The topological polar surface area (TPSA) is 75.6 Å². The molecule has 0 bridgehead atoms. The lowest BCUT2D eigenvalue weighted by molar-refractivity contribution is -0.141. The van der Waals surface area contributed by atoms with Gasteiger partial charge in [0.1, 0.15) is 11.8 Å². The molecule has 0 saturated carbocycles. The second-order valence-corrected chi connectivity index (χ2v) is 6.45. The van der Waals surface area contributed by atoms with E-state index in [1.54, 1.807) is 12.1 Å². The molecule has 0 heterocycles. The fraction of sp³-hybridized carbons (Fsp3) is 0.200. The average Bonchev–Trinajstić information content (AvgIpc) is 2.62. The van der Waals surface area contributed by atoms with Crippen LogP contribution in [-0.2, 0) is 16.0 Å². The molecular weight excluding hydrogens is 398 g/mol. The Morgan fingerprint density at radius 1 is 1.23 bits per heavy atom. The molecule has 0 radical (unpaired) electrons. The molecule has 2 aromatic rings. The lowest BCUT2D eigenvalue weighted by atomic mass is 10.1. The van der Waals surface area contributed by atoms with Gasteiger partial charge in [0.05, 0.1) is 6.61 Å². The van der Waals surface area contributed by atoms with Crippen LogP contribution in [0.15, 0.2) is 59.1 Å². The summed E-state index contributed by atoms with van der Waals surface area (Å²) in [4.78, 5) is 23.6. The number of carboxylic acids is 1. The SMILES string of the molecule is CCOc1ccc(Br)cc1/C=C/C(=O)NC(Cc1ccccc1)C(=O)O. The van der Waals surface area contributed by atoms with Crippen LogP contribution in [0.5, 0.6) is 5.75 Å². The number of ether oxygens (including phenoxy) is 1. The van der Waals surface area contributed by atoms with Crippen LogP contribution in [0, 0.1) is 0 Å². The third-order valence-corrected chi connectivity index (χ3v) is 4.08. The molecule has 0 spiro atoms. The van der Waals surface area contributed by atoms with Gasteiger partial charge in [-0.15, -0.1) is 0 Å². The van der Waals surface area contributed by atoms with Crippen LogP contribution < -0.4 is 10.1 Å². The molecule has 5 nitrogen and oxygen atoms in total. The van der Waals surface area contributed by atoms with Crippen molar-refractivity contribution in [2.45, 2.75) is 19.4 Å². The first-order valence-electron chi connectivity index (χ1n) is 8.17. The number of hydrogen-bond donors (Lipinski definition) is 2. The summed E-state index contributed by atoms with van der Waals surface area (Å²) in [6, 6.07) is 13.7. The first kappa shape index (κ1) is 19.7. The molecule has 0 aliphatic heterocycles. The number of benzene rings is 2. The normalized spacial score (nSPS) is 11.9. The fourth-order valence-electron chi connectivity index (χ4n) is 2.37. The van der Waals surface area contributed by atoms with E-state index in [2.05, 4.69) is 21.2 Å². The third-order valence-electron chi connectivity index (χ3n) is 3.58. The van der Waals surface area contributed by atoms with Crippen molar-refractivity contribution in [1.29, 1.82) is 0 Å². The standard InChI is InChI=1S/C20H20BrNO4/c1-2-26-18-10-9-16(21)13-15(18)8-11-19(23)22-17(20(24)25)12-14-6-4-3-5-7-14/h3-11,13,17H,2,12H2,1H3,(H,22,23)(H,24,25)/b11-8+. The highest BCUT2D eigenvalue weighted by atomic mass is 79.9. The highest BCUT2D eigenvalue weighted by Crippen LogP contribution is 2.24. The molecule has 0 fully saturated rings. The Bertz CT molecular complexity index is 790. The summed E-state index contributed by atoms with van der Waals surface area (Å²) in [7, 11) is 0. The minimum Gasteiger partial charge on any atom is -0.493 e. The average molecular weight is 418 g/mol. The zero-order chi connectivity index (χ0) is 18.9. The van der Waals surface area contributed by atoms with Gasteiger partial charge in [0.2, 0.25) is 5.91 Å². The summed E-state index contributed by atoms with van der Waals surface area (Å²) >= 11 is 3.38. The summed E-state index contributed by atoms with van der Waals surface area (Å²) in [5.74, 6) is -0.900. The van der Waals surface area contributed by atoms with Crippen molar-refractivity contribution in [1.82, 2.24) is 5.32 Å². The maximum atomic E-state index is 12.2. The van der Waals surface area contributed by atoms with E-state index >= 15 is 0 Å². The van der Waals surface area contributed by atoms with E-state index in [1.807, 2.05) is 49.4 Å². The van der Waals surface area contributed by atoms with Crippen LogP contribution in [0.2, 0.25) is 0 Å². The van der Waals surface area contributed by atoms with Crippen LogP contribution in [0.25, 0.3) is 6.08 Å². The van der Waals surface area contributed by atoms with Gasteiger partial charge >= 0.3 is 5.97 Å². The van der Waals surface area contributed by atoms with Gasteiger partial charge < -0.3 is 15.2 Å². The molecule has 136 valence electrons. The summed E-state index contributed by atoms with van der Waals surface area (Å²) < 4.78 is 6.38. The number of aliphatic carboxylic acids is 1. The van der Waals surface area contributed by atoms with Gasteiger partial charge in [-0.1, -0.05) is 46.3 Å². The maximum absolute atomic E-state index is 12.2. The van der Waals surface area contributed by atoms with E-state index in [4.69, 9.17) is 4.74 Å². The Hall–Kier alpha value is -2.60. The molecule has 1 amide bonds. The van der Waals surface area contributed by atoms with Crippen LogP contribution in [0.1, 0.15) is 18.1 Å². The first-order chi connectivity index (χ1) is 12.5. The van der Waals surface area contributed by atoms with Gasteiger partial charge in [0.15, 0.2) is 0 Å². The Morgan fingerprint density at radius 2 is 1.96 bits per heavy atom. The van der Waals surface area contributed by atoms with E-state index in [-0.39, 0.29) is 6.42 Å². The lowest BCUT2D eigenvalue weighted by Crippen LogP contribution is -2.41. The Labute approximate surface area is 160 Å². The zero-order valence-corrected chi connectivity index (χ0v) is 15.9. The highest BCUT2D eigenvalue weighted by Gasteiger charge is 2.19. The molecule has 0 aromatic heterocycles. The number of halogens is 1. The van der Waals surface area contributed by atoms with Crippen LogP contribution in [0.4, 0.5) is 0 Å². The number of nitrogens with one attached hydrogen (secondary N) is 1. The predicted molar refractivity (Wildman–Crippen MR) is 104 cm³/mol. The second kappa shape index (κ2) is 9.77. The van der Waals surface area contributed by atoms with Crippen molar-refractivity contribution in [3.63, 3.8) is 0 Å². The number of amides is 1. The number of hydrogen-bond acceptors (Lipinski definition) is 3. The van der Waals surface area contributed by atoms with Crippen molar-refractivity contribution in [3.8, 4) is 5.75 Å². The highest BCUT2D eigenvalue weighted by molar-refractivity contribution is 9.10. The summed E-state index contributed by atoms with van der Waals surface area (Å²) in [6.45, 7) is 2.39. The molecule has 2 aromatic carbocycles. The van der Waals surface area contributed by atoms with E-state index in [9.17, 15) is 14.7 Å². The molecule has 6 heteroatoms. The molecule has 1 unspecified atom stereocenters. The first-order valence-corrected chi connectivity index (χ1v) is 8.96. The Morgan fingerprint density at radius 3 is 2.62 bits per heavy atom. The van der Waals surface area contributed by atoms with Gasteiger partial charge in [0, 0.05) is 22.5 Å². The molecule has 26 heavy (non-hydrogen) atoms. The molecule has 0 aliphatic carbocycles. The van der Waals surface area contributed by atoms with Crippen LogP contribution in [-0.4, -0.2) is 29.6 Å². The van der Waals surface area contributed by atoms with Gasteiger partial charge in [-0.25, -0.2) is 4.79 Å². The van der Waals surface area contributed by atoms with Gasteiger partial charge in [-0.2, -0.15) is 0 Å². The molecule has 1 atom stereocenters. The monoisotopic (exact) mass is 417 g/mol. The quantitative estimate of drug-likeness (QED) is 0.642. The Balaban J connectivity index is 2.07. The predicted octanol–water partition coefficient (Wildman–Crippen LogP) is 3.67. The molecule has 0 aliphatic rings. The molecular formula is C20H20BrNO4. The largest absolute Gasteiger partial charge is 0.493 e. The molecule has 2 rings (SSSR count). The zero-order valence-electron chi connectivity index (χ0n) is 14.3. The van der Waals surface area contributed by atoms with Gasteiger partial charge in [-0.3, -0.25) is 4.79 Å². The Kier molecular flexibility index (Phi) is 7.41. The van der Waals surface area contributed by atoms with Gasteiger partial charge in [-0.05, 0) is 36.8 Å². The smallest absolute Gasteiger partial charge is 0.326 e. The number of carboxylic acid groups (broad SMARTS) is 1. The molecule has 2 N–H and O–H groups in total. The minimum absolute atomic E-state index is 0.219. The summed E-state index contributed by atoms with van der Waals surface area (Å²) in [5.41, 5.74) is 1.57. The second-order valence-electron chi connectivity index (χ2n) is 5.54. The minimum atomic E-state index is -1.08. The maximum Gasteiger partial charge on any atom is 0.326 e. The number of carbonyl (C=O) groups excluding carboxylic acids is 1. The number of rotatable bonds is 8. The third kappa shape index (κ3) is 6.04. The van der Waals surface area contributed by atoms with E-state index in [1.165, 1.54) is 6.08 Å². The summed E-state index contributed by atoms with van der Waals surface area (Å²) in [5, 5.41) is 11.9. The van der Waals surface area contributed by atoms with Crippen LogP contribution >= 0.6 is 15.9 Å². The van der Waals surface area contributed by atoms with Crippen LogP contribution in [0.3, 0.4) is 0 Å². The van der Waals surface area contributed by atoms with Crippen molar-refractivity contribution >= 4 is 33.9 Å². The summed E-state index contributed by atoms with van der Waals surface area (Å²) in [6.07, 6.45) is 3.13. The van der Waals surface area contributed by atoms with Crippen molar-refractivity contribution in [3.05, 3.63) is 70.2 Å². The fourth-order valence-corrected chi connectivity index (χ4v) is 2.75. The van der Waals surface area contributed by atoms with Gasteiger partial charge in [0.25, 0.3) is 0 Å². The number of carbonyl (C=O) groups is 2. The van der Waals surface area contributed by atoms with Crippen molar-refractivity contribution in [2.75, 3.05) is 6.61 Å². The van der Waals surface area contributed by atoms with E-state index in [0.717, 1.165) is 15.6 Å². The molecule has 0 saturated heterocycles. The van der Waals surface area contributed by atoms with E-state index in [0.29, 0.717) is 12.4 Å². The lowest BCUT2D eigenvalue weighted by Gasteiger charge is -2.13. The van der Waals surface area contributed by atoms with E-state index < -0.39 is 17.9 Å².